The van der Waals surface area contributed by atoms with Gasteiger partial charge in [-0.1, -0.05) is 0 Å². The Kier molecular flexibility index (Phi) is 4.33. The van der Waals surface area contributed by atoms with Crippen LogP contribution >= 0.6 is 0 Å². The first-order chi connectivity index (χ1) is 9.09. The van der Waals surface area contributed by atoms with Crippen molar-refractivity contribution in [2.24, 2.45) is 0 Å². The summed E-state index contributed by atoms with van der Waals surface area (Å²) in [4.78, 5) is 24.4. The fraction of sp³-hybridized carbons (Fsp3) is 0.727. The van der Waals surface area contributed by atoms with Crippen LogP contribution < -0.4 is 5.69 Å². The molecule has 106 valence electrons. The highest BCUT2D eigenvalue weighted by molar-refractivity contribution is 5.66. The first-order valence-corrected chi connectivity index (χ1v) is 6.28. The molecule has 1 aliphatic heterocycles. The number of nitrogens with one attached hydrogen (secondary N) is 1. The molecule has 1 aliphatic rings. The van der Waals surface area contributed by atoms with Crippen molar-refractivity contribution in [3.8, 4) is 0 Å². The number of rotatable bonds is 5. The third-order valence-electron chi connectivity index (χ3n) is 3.30. The van der Waals surface area contributed by atoms with Gasteiger partial charge in [0.25, 0.3) is 0 Å². The van der Waals surface area contributed by atoms with Crippen LogP contribution in [0.5, 0.6) is 0 Å². The van der Waals surface area contributed by atoms with Crippen LogP contribution in [0.3, 0.4) is 0 Å². The molecule has 1 aromatic heterocycles. The summed E-state index contributed by atoms with van der Waals surface area (Å²) in [5.41, 5.74) is -0.364. The Bertz CT molecular complexity index is 489. The highest BCUT2D eigenvalue weighted by Gasteiger charge is 2.23. The molecule has 0 radical (unpaired) electrons. The van der Waals surface area contributed by atoms with Crippen molar-refractivity contribution in [3.05, 3.63) is 16.3 Å². The van der Waals surface area contributed by atoms with E-state index in [9.17, 15) is 9.59 Å². The zero-order valence-corrected chi connectivity index (χ0v) is 10.8. The highest BCUT2D eigenvalue weighted by atomic mass is 16.5. The van der Waals surface area contributed by atoms with Crippen molar-refractivity contribution in [2.75, 3.05) is 26.3 Å². The normalized spacial score (nSPS) is 18.4. The standard InChI is InChI=1S/C11H18N4O4/c1-8(14-4-6-19-7-5-14)10-12-13-11(18)15(10)3-2-9(16)17/h8H,2-7H2,1H3,(H,13,18)(H,16,17)/t8-/m0/s1. The summed E-state index contributed by atoms with van der Waals surface area (Å²) in [5.74, 6) is -0.355. The Morgan fingerprint density at radius 3 is 2.84 bits per heavy atom. The van der Waals surface area contributed by atoms with Gasteiger partial charge in [-0.25, -0.2) is 9.89 Å². The molecule has 0 aliphatic carbocycles. The SMILES string of the molecule is C[C@@H](c1n[nH]c(=O)n1CCC(=O)O)N1CCOCC1. The summed E-state index contributed by atoms with van der Waals surface area (Å²) in [5, 5.41) is 15.1. The molecular formula is C11H18N4O4. The molecule has 1 atom stereocenters. The highest BCUT2D eigenvalue weighted by Crippen LogP contribution is 2.18. The Morgan fingerprint density at radius 2 is 2.21 bits per heavy atom. The summed E-state index contributed by atoms with van der Waals surface area (Å²) >= 11 is 0. The maximum atomic E-state index is 11.6. The number of aromatic amines is 1. The number of hydrogen-bond acceptors (Lipinski definition) is 5. The maximum absolute atomic E-state index is 11.6. The number of hydrogen-bond donors (Lipinski definition) is 2. The van der Waals surface area contributed by atoms with Crippen LogP contribution in [0.2, 0.25) is 0 Å². The first-order valence-electron chi connectivity index (χ1n) is 6.28. The number of nitrogens with zero attached hydrogens (tertiary/aromatic N) is 3. The van der Waals surface area contributed by atoms with Crippen molar-refractivity contribution in [1.82, 2.24) is 19.7 Å². The van der Waals surface area contributed by atoms with Crippen LogP contribution in [0.1, 0.15) is 25.2 Å². The van der Waals surface area contributed by atoms with Crippen molar-refractivity contribution in [1.29, 1.82) is 0 Å². The van der Waals surface area contributed by atoms with Crippen LogP contribution in [0, 0.1) is 0 Å². The molecule has 8 nitrogen and oxygen atoms in total. The molecular weight excluding hydrogens is 252 g/mol. The van der Waals surface area contributed by atoms with Gasteiger partial charge in [-0.3, -0.25) is 14.3 Å². The van der Waals surface area contributed by atoms with Gasteiger partial charge >= 0.3 is 11.7 Å². The summed E-state index contributed by atoms with van der Waals surface area (Å²) in [7, 11) is 0. The lowest BCUT2D eigenvalue weighted by Crippen LogP contribution is -2.39. The van der Waals surface area contributed by atoms with Gasteiger partial charge in [0, 0.05) is 19.6 Å². The van der Waals surface area contributed by atoms with E-state index in [0.29, 0.717) is 19.0 Å². The largest absolute Gasteiger partial charge is 0.481 e. The average molecular weight is 270 g/mol. The van der Waals surface area contributed by atoms with E-state index < -0.39 is 5.97 Å². The van der Waals surface area contributed by atoms with Gasteiger partial charge in [0.2, 0.25) is 0 Å². The van der Waals surface area contributed by atoms with Crippen LogP contribution in [0.15, 0.2) is 4.79 Å². The average Bonchev–Trinajstić information content (AvgIpc) is 2.78. The predicted octanol–water partition coefficient (Wildman–Crippen LogP) is -0.561. The molecule has 0 spiro atoms. The molecule has 1 saturated heterocycles. The third-order valence-corrected chi connectivity index (χ3v) is 3.30. The minimum absolute atomic E-state index is 0.0448. The minimum atomic E-state index is -0.932. The molecule has 2 heterocycles. The van der Waals surface area contributed by atoms with E-state index in [1.54, 1.807) is 0 Å². The van der Waals surface area contributed by atoms with E-state index in [0.717, 1.165) is 13.1 Å². The van der Waals surface area contributed by atoms with Crippen LogP contribution in [-0.2, 0) is 16.1 Å². The number of carboxylic acid groups (broad SMARTS) is 1. The number of carbonyl (C=O) groups is 1. The number of aromatic nitrogens is 3. The van der Waals surface area contributed by atoms with E-state index in [2.05, 4.69) is 15.1 Å². The summed E-state index contributed by atoms with van der Waals surface area (Å²) < 4.78 is 6.68. The fourth-order valence-corrected chi connectivity index (χ4v) is 2.20. The molecule has 1 fully saturated rings. The van der Waals surface area contributed by atoms with E-state index in [1.165, 1.54) is 4.57 Å². The van der Waals surface area contributed by atoms with E-state index >= 15 is 0 Å². The van der Waals surface area contributed by atoms with Gasteiger partial charge in [0.1, 0.15) is 0 Å². The fourth-order valence-electron chi connectivity index (χ4n) is 2.20. The Labute approximate surface area is 110 Å². The van der Waals surface area contributed by atoms with E-state index in [1.807, 2.05) is 6.92 Å². The second-order valence-electron chi connectivity index (χ2n) is 4.51. The smallest absolute Gasteiger partial charge is 0.343 e. The van der Waals surface area contributed by atoms with Crippen LogP contribution in [0.4, 0.5) is 0 Å². The summed E-state index contributed by atoms with van der Waals surface area (Å²) in [6.45, 7) is 4.97. The second-order valence-corrected chi connectivity index (χ2v) is 4.51. The predicted molar refractivity (Wildman–Crippen MR) is 65.9 cm³/mol. The Balaban J connectivity index is 2.14. The van der Waals surface area contributed by atoms with Gasteiger partial charge in [-0.15, -0.1) is 0 Å². The third kappa shape index (κ3) is 3.21. The van der Waals surface area contributed by atoms with Gasteiger partial charge in [-0.05, 0) is 6.92 Å². The number of H-pyrrole nitrogens is 1. The van der Waals surface area contributed by atoms with Crippen molar-refractivity contribution < 1.29 is 14.6 Å². The number of morpholine rings is 1. The van der Waals surface area contributed by atoms with Crippen LogP contribution in [-0.4, -0.2) is 57.0 Å². The summed E-state index contributed by atoms with van der Waals surface area (Å²) in [6, 6.07) is -0.0448. The molecule has 1 aromatic rings. The lowest BCUT2D eigenvalue weighted by atomic mass is 10.2. The van der Waals surface area contributed by atoms with Gasteiger partial charge in [-0.2, -0.15) is 5.10 Å². The van der Waals surface area contributed by atoms with Crippen LogP contribution in [0.25, 0.3) is 0 Å². The number of carboxylic acids is 1. The van der Waals surface area contributed by atoms with Gasteiger partial charge in [0.15, 0.2) is 5.82 Å². The molecule has 0 amide bonds. The molecule has 0 unspecified atom stereocenters. The Hall–Kier alpha value is -1.67. The van der Waals surface area contributed by atoms with Crippen molar-refractivity contribution in [2.45, 2.75) is 25.9 Å². The van der Waals surface area contributed by atoms with Crippen molar-refractivity contribution in [3.63, 3.8) is 0 Å². The first kappa shape index (κ1) is 13.8. The lowest BCUT2D eigenvalue weighted by molar-refractivity contribution is -0.137. The lowest BCUT2D eigenvalue weighted by Gasteiger charge is -2.31. The number of aliphatic carboxylic acids is 1. The molecule has 0 bridgehead atoms. The van der Waals surface area contributed by atoms with Gasteiger partial charge < -0.3 is 9.84 Å². The zero-order chi connectivity index (χ0) is 13.8. The maximum Gasteiger partial charge on any atom is 0.343 e. The number of ether oxygens (including phenoxy) is 1. The second kappa shape index (κ2) is 5.98. The molecule has 0 saturated carbocycles. The monoisotopic (exact) mass is 270 g/mol. The molecule has 0 aromatic carbocycles. The molecule has 2 N–H and O–H groups in total. The summed E-state index contributed by atoms with van der Waals surface area (Å²) in [6.07, 6.45) is -0.0950. The topological polar surface area (TPSA) is 100 Å². The molecule has 8 heteroatoms. The molecule has 19 heavy (non-hydrogen) atoms. The van der Waals surface area contributed by atoms with Crippen molar-refractivity contribution >= 4 is 5.97 Å². The minimum Gasteiger partial charge on any atom is -0.481 e. The molecule has 2 rings (SSSR count). The van der Waals surface area contributed by atoms with E-state index in [-0.39, 0.29) is 24.7 Å². The van der Waals surface area contributed by atoms with Gasteiger partial charge in [0.05, 0.1) is 25.7 Å². The quantitative estimate of drug-likeness (QED) is 0.744. The zero-order valence-electron chi connectivity index (χ0n) is 10.8. The Morgan fingerprint density at radius 1 is 1.53 bits per heavy atom. The van der Waals surface area contributed by atoms with E-state index in [4.69, 9.17) is 9.84 Å².